The van der Waals surface area contributed by atoms with Crippen molar-refractivity contribution < 1.29 is 0 Å². The maximum atomic E-state index is 3.83. The van der Waals surface area contributed by atoms with Gasteiger partial charge in [0.25, 0.3) is 0 Å². The fraction of sp³-hybridized carbons (Fsp3) is 0.429. The lowest BCUT2D eigenvalue weighted by atomic mass is 9.74. The predicted molar refractivity (Wildman–Crippen MR) is 95.4 cm³/mol. The zero-order chi connectivity index (χ0) is 15.5. The molecule has 0 aliphatic carbocycles. The Morgan fingerprint density at radius 3 is 2.45 bits per heavy atom. The summed E-state index contributed by atoms with van der Waals surface area (Å²) in [4.78, 5) is 0. The Balaban J connectivity index is 2.01. The molecule has 3 rings (SSSR count). The van der Waals surface area contributed by atoms with Crippen LogP contribution in [0, 0.1) is 5.92 Å². The molecule has 2 aromatic rings. The summed E-state index contributed by atoms with van der Waals surface area (Å²) >= 11 is 0. The van der Waals surface area contributed by atoms with Gasteiger partial charge in [0, 0.05) is 5.69 Å². The predicted octanol–water partition coefficient (Wildman–Crippen LogP) is 5.94. The highest BCUT2D eigenvalue weighted by Crippen LogP contribution is 2.46. The summed E-state index contributed by atoms with van der Waals surface area (Å²) in [6, 6.07) is 18.3. The highest BCUT2D eigenvalue weighted by Gasteiger charge is 2.34. The maximum Gasteiger partial charge on any atom is 0.0547 e. The van der Waals surface area contributed by atoms with Gasteiger partial charge >= 0.3 is 0 Å². The third-order valence-corrected chi connectivity index (χ3v) is 5.18. The van der Waals surface area contributed by atoms with Crippen molar-refractivity contribution in [2.45, 2.75) is 52.0 Å². The topological polar surface area (TPSA) is 12.0 Å². The second-order valence-corrected chi connectivity index (χ2v) is 6.55. The summed E-state index contributed by atoms with van der Waals surface area (Å²) < 4.78 is 0. The molecule has 0 saturated heterocycles. The van der Waals surface area contributed by atoms with Gasteiger partial charge in [-0.3, -0.25) is 0 Å². The minimum absolute atomic E-state index is 0.427. The van der Waals surface area contributed by atoms with Crippen molar-refractivity contribution >= 4 is 5.69 Å². The van der Waals surface area contributed by atoms with E-state index in [0.29, 0.717) is 17.9 Å². The SMILES string of the molecule is CCCC1C(C)c2cc(CC)ccc2NC1c1ccccc1. The lowest BCUT2D eigenvalue weighted by Gasteiger charge is -2.40. The number of benzene rings is 2. The molecule has 0 saturated carbocycles. The van der Waals surface area contributed by atoms with Crippen LogP contribution in [0.1, 0.15) is 62.3 Å². The fourth-order valence-electron chi connectivity index (χ4n) is 3.88. The van der Waals surface area contributed by atoms with E-state index >= 15 is 0 Å². The smallest absolute Gasteiger partial charge is 0.0547 e. The summed E-state index contributed by atoms with van der Waals surface area (Å²) in [7, 11) is 0. The fourth-order valence-corrected chi connectivity index (χ4v) is 3.88. The molecule has 1 heterocycles. The largest absolute Gasteiger partial charge is 0.378 e. The Morgan fingerprint density at radius 1 is 1.00 bits per heavy atom. The maximum absolute atomic E-state index is 3.83. The Labute approximate surface area is 134 Å². The van der Waals surface area contributed by atoms with Gasteiger partial charge in [-0.05, 0) is 47.4 Å². The van der Waals surface area contributed by atoms with E-state index in [9.17, 15) is 0 Å². The summed E-state index contributed by atoms with van der Waals surface area (Å²) in [5.41, 5.74) is 5.69. The lowest BCUT2D eigenvalue weighted by molar-refractivity contribution is 0.348. The molecule has 1 nitrogen and oxygen atoms in total. The van der Waals surface area contributed by atoms with Gasteiger partial charge in [-0.1, -0.05) is 69.7 Å². The number of rotatable bonds is 4. The first-order valence-electron chi connectivity index (χ1n) is 8.68. The van der Waals surface area contributed by atoms with E-state index in [-0.39, 0.29) is 0 Å². The number of hydrogen-bond donors (Lipinski definition) is 1. The molecule has 1 aliphatic heterocycles. The quantitative estimate of drug-likeness (QED) is 0.736. The molecule has 0 amide bonds. The molecule has 3 atom stereocenters. The number of fused-ring (bicyclic) bond motifs is 1. The molecule has 0 radical (unpaired) electrons. The van der Waals surface area contributed by atoms with E-state index < -0.39 is 0 Å². The zero-order valence-electron chi connectivity index (χ0n) is 14.0. The van der Waals surface area contributed by atoms with Crippen LogP contribution in [-0.2, 0) is 6.42 Å². The second-order valence-electron chi connectivity index (χ2n) is 6.55. The van der Waals surface area contributed by atoms with Crippen molar-refractivity contribution in [3.8, 4) is 0 Å². The van der Waals surface area contributed by atoms with Crippen LogP contribution in [0.4, 0.5) is 5.69 Å². The minimum atomic E-state index is 0.427. The van der Waals surface area contributed by atoms with Gasteiger partial charge in [-0.25, -0.2) is 0 Å². The van der Waals surface area contributed by atoms with Crippen LogP contribution in [0.25, 0.3) is 0 Å². The average Bonchev–Trinajstić information content (AvgIpc) is 2.58. The van der Waals surface area contributed by atoms with Crippen LogP contribution in [0.5, 0.6) is 0 Å². The van der Waals surface area contributed by atoms with Crippen LogP contribution < -0.4 is 5.32 Å². The number of hydrogen-bond acceptors (Lipinski definition) is 1. The summed E-state index contributed by atoms with van der Waals surface area (Å²) in [5.74, 6) is 1.26. The van der Waals surface area contributed by atoms with E-state index in [1.54, 1.807) is 0 Å². The number of nitrogens with one attached hydrogen (secondary N) is 1. The van der Waals surface area contributed by atoms with Gasteiger partial charge in [-0.2, -0.15) is 0 Å². The first kappa shape index (κ1) is 15.1. The monoisotopic (exact) mass is 293 g/mol. The van der Waals surface area contributed by atoms with Crippen molar-refractivity contribution in [1.82, 2.24) is 0 Å². The van der Waals surface area contributed by atoms with Crippen LogP contribution >= 0.6 is 0 Å². The molecule has 1 aliphatic rings. The summed E-state index contributed by atoms with van der Waals surface area (Å²) in [5, 5.41) is 3.83. The van der Waals surface area contributed by atoms with Crippen LogP contribution in [0.15, 0.2) is 48.5 Å². The molecule has 1 N–H and O–H groups in total. The normalized spacial score (nSPS) is 23.7. The highest BCUT2D eigenvalue weighted by atomic mass is 14.9. The van der Waals surface area contributed by atoms with Crippen LogP contribution in [-0.4, -0.2) is 0 Å². The second kappa shape index (κ2) is 6.56. The van der Waals surface area contributed by atoms with Crippen LogP contribution in [0.2, 0.25) is 0 Å². The Kier molecular flexibility index (Phi) is 4.52. The summed E-state index contributed by atoms with van der Waals surface area (Å²) in [6.07, 6.45) is 3.62. The van der Waals surface area contributed by atoms with E-state index in [1.165, 1.54) is 35.2 Å². The van der Waals surface area contributed by atoms with Gasteiger partial charge in [0.05, 0.1) is 6.04 Å². The molecule has 3 unspecified atom stereocenters. The third kappa shape index (κ3) is 2.77. The van der Waals surface area contributed by atoms with E-state index in [2.05, 4.69) is 74.6 Å². The summed E-state index contributed by atoms with van der Waals surface area (Å²) in [6.45, 7) is 6.95. The van der Waals surface area contributed by atoms with E-state index in [4.69, 9.17) is 0 Å². The van der Waals surface area contributed by atoms with E-state index in [1.807, 2.05) is 0 Å². The lowest BCUT2D eigenvalue weighted by Crippen LogP contribution is -2.30. The molecule has 2 aromatic carbocycles. The molecule has 0 aromatic heterocycles. The average molecular weight is 293 g/mol. The molecule has 0 spiro atoms. The molecule has 0 fully saturated rings. The highest BCUT2D eigenvalue weighted by molar-refractivity contribution is 5.58. The molecule has 0 bridgehead atoms. The number of anilines is 1. The van der Waals surface area contributed by atoms with Gasteiger partial charge in [0.2, 0.25) is 0 Å². The molecule has 116 valence electrons. The number of aryl methyl sites for hydroxylation is 1. The molecular weight excluding hydrogens is 266 g/mol. The molecule has 1 heteroatoms. The van der Waals surface area contributed by atoms with E-state index in [0.717, 1.165) is 6.42 Å². The van der Waals surface area contributed by atoms with Gasteiger partial charge in [0.1, 0.15) is 0 Å². The molecule has 22 heavy (non-hydrogen) atoms. The third-order valence-electron chi connectivity index (χ3n) is 5.18. The first-order valence-corrected chi connectivity index (χ1v) is 8.68. The van der Waals surface area contributed by atoms with Crippen molar-refractivity contribution in [1.29, 1.82) is 0 Å². The Hall–Kier alpha value is -1.76. The van der Waals surface area contributed by atoms with Crippen molar-refractivity contribution in [2.75, 3.05) is 5.32 Å². The minimum Gasteiger partial charge on any atom is -0.378 e. The van der Waals surface area contributed by atoms with Crippen molar-refractivity contribution in [3.63, 3.8) is 0 Å². The van der Waals surface area contributed by atoms with Crippen LogP contribution in [0.3, 0.4) is 0 Å². The molecular formula is C21H27N. The Morgan fingerprint density at radius 2 is 1.77 bits per heavy atom. The first-order chi connectivity index (χ1) is 10.7. The zero-order valence-corrected chi connectivity index (χ0v) is 14.0. The van der Waals surface area contributed by atoms with Gasteiger partial charge in [-0.15, -0.1) is 0 Å². The standard InChI is InChI=1S/C21H27N/c1-4-9-18-15(3)19-14-16(5-2)12-13-20(19)22-21(18)17-10-7-6-8-11-17/h6-8,10-15,18,21-22H,4-5,9H2,1-3H3. The van der Waals surface area contributed by atoms with Gasteiger partial charge < -0.3 is 5.32 Å². The van der Waals surface area contributed by atoms with Crippen molar-refractivity contribution in [2.24, 2.45) is 5.92 Å². The van der Waals surface area contributed by atoms with Crippen molar-refractivity contribution in [3.05, 3.63) is 65.2 Å². The Bertz CT molecular complexity index is 617. The van der Waals surface area contributed by atoms with Gasteiger partial charge in [0.15, 0.2) is 0 Å².